The Bertz CT molecular complexity index is 554. The molecule has 126 valence electrons. The number of amides is 1. The molecule has 0 atom stereocenters. The topological polar surface area (TPSA) is 66.9 Å². The third kappa shape index (κ3) is 6.00. The summed E-state index contributed by atoms with van der Waals surface area (Å²) in [6, 6.07) is 1.74. The Morgan fingerprint density at radius 3 is 2.87 bits per heavy atom. The lowest BCUT2D eigenvalue weighted by Crippen LogP contribution is -2.26. The van der Waals surface area contributed by atoms with Crippen LogP contribution in [0.2, 0.25) is 0 Å². The Balaban J connectivity index is 1.88. The minimum Gasteiger partial charge on any atom is -0.370 e. The summed E-state index contributed by atoms with van der Waals surface area (Å²) in [5.74, 6) is 1.23. The number of anilines is 1. The average molecular weight is 316 g/mol. The van der Waals surface area contributed by atoms with E-state index in [1.807, 2.05) is 6.92 Å². The monoisotopic (exact) mass is 316 g/mol. The number of aromatic nitrogens is 2. The van der Waals surface area contributed by atoms with Gasteiger partial charge in [-0.25, -0.2) is 9.97 Å². The van der Waals surface area contributed by atoms with E-state index in [0.29, 0.717) is 18.1 Å². The highest BCUT2D eigenvalue weighted by Crippen LogP contribution is 2.20. The number of hydrogen-bond donors (Lipinski definition) is 2. The van der Waals surface area contributed by atoms with Crippen molar-refractivity contribution in [3.8, 4) is 0 Å². The first-order valence-electron chi connectivity index (χ1n) is 8.74. The van der Waals surface area contributed by atoms with Gasteiger partial charge in [-0.3, -0.25) is 4.79 Å². The van der Waals surface area contributed by atoms with E-state index in [2.05, 4.69) is 33.6 Å². The highest BCUT2D eigenvalue weighted by atomic mass is 16.1. The predicted octanol–water partition coefficient (Wildman–Crippen LogP) is 3.62. The van der Waals surface area contributed by atoms with E-state index in [0.717, 1.165) is 31.6 Å². The van der Waals surface area contributed by atoms with Crippen LogP contribution in [0, 0.1) is 6.92 Å². The molecule has 0 aliphatic heterocycles. The van der Waals surface area contributed by atoms with E-state index in [1.165, 1.54) is 31.3 Å². The Morgan fingerprint density at radius 2 is 2.13 bits per heavy atom. The molecule has 0 saturated carbocycles. The van der Waals surface area contributed by atoms with Crippen LogP contribution in [-0.4, -0.2) is 29.0 Å². The van der Waals surface area contributed by atoms with Crippen LogP contribution in [0.3, 0.4) is 0 Å². The summed E-state index contributed by atoms with van der Waals surface area (Å²) < 4.78 is 0. The van der Waals surface area contributed by atoms with E-state index < -0.39 is 0 Å². The molecule has 5 nitrogen and oxygen atoms in total. The van der Waals surface area contributed by atoms with Crippen LogP contribution in [0.4, 0.5) is 5.82 Å². The molecule has 2 rings (SSSR count). The van der Waals surface area contributed by atoms with Gasteiger partial charge in [-0.1, -0.05) is 25.0 Å². The summed E-state index contributed by atoms with van der Waals surface area (Å²) >= 11 is 0. The quantitative estimate of drug-likeness (QED) is 0.568. The number of aryl methyl sites for hydroxylation is 1. The van der Waals surface area contributed by atoms with E-state index >= 15 is 0 Å². The second-order valence-corrected chi connectivity index (χ2v) is 6.08. The molecule has 1 aliphatic carbocycles. The number of unbranched alkanes of at least 4 members (excludes halogenated alkanes) is 1. The molecule has 1 heterocycles. The standard InChI is InChI=1S/C18H28N4O/c1-3-4-11-20-18(23)16-13-17(22-14(2)21-16)19-12-10-15-8-6-5-7-9-15/h8,13H,3-7,9-12H2,1-2H3,(H,20,23)(H,19,21,22). The van der Waals surface area contributed by atoms with Gasteiger partial charge in [0.25, 0.3) is 5.91 Å². The summed E-state index contributed by atoms with van der Waals surface area (Å²) in [6.07, 6.45) is 10.5. The fraction of sp³-hybridized carbons (Fsp3) is 0.611. The maximum Gasteiger partial charge on any atom is 0.270 e. The number of carbonyl (C=O) groups excluding carboxylic acids is 1. The Hall–Kier alpha value is -1.91. The maximum absolute atomic E-state index is 12.1. The summed E-state index contributed by atoms with van der Waals surface area (Å²) in [5, 5.41) is 6.22. The van der Waals surface area contributed by atoms with Gasteiger partial charge < -0.3 is 10.6 Å². The van der Waals surface area contributed by atoms with Gasteiger partial charge in [0.2, 0.25) is 0 Å². The van der Waals surface area contributed by atoms with Crippen LogP contribution in [-0.2, 0) is 0 Å². The molecular weight excluding hydrogens is 288 g/mol. The van der Waals surface area contributed by atoms with Crippen molar-refractivity contribution < 1.29 is 4.79 Å². The molecule has 0 spiro atoms. The molecule has 1 amide bonds. The van der Waals surface area contributed by atoms with E-state index in [4.69, 9.17) is 0 Å². The van der Waals surface area contributed by atoms with Gasteiger partial charge in [-0.15, -0.1) is 0 Å². The molecule has 0 bridgehead atoms. The van der Waals surface area contributed by atoms with Crippen LogP contribution < -0.4 is 10.6 Å². The van der Waals surface area contributed by atoms with Crippen molar-refractivity contribution in [2.75, 3.05) is 18.4 Å². The van der Waals surface area contributed by atoms with Crippen LogP contribution in [0.25, 0.3) is 0 Å². The molecule has 0 unspecified atom stereocenters. The third-order valence-corrected chi connectivity index (χ3v) is 4.02. The Morgan fingerprint density at radius 1 is 1.26 bits per heavy atom. The van der Waals surface area contributed by atoms with Gasteiger partial charge in [0.15, 0.2) is 0 Å². The molecule has 5 heteroatoms. The molecule has 0 radical (unpaired) electrons. The van der Waals surface area contributed by atoms with E-state index in [1.54, 1.807) is 6.07 Å². The summed E-state index contributed by atoms with van der Waals surface area (Å²) in [6.45, 7) is 5.46. The van der Waals surface area contributed by atoms with Crippen LogP contribution in [0.5, 0.6) is 0 Å². The zero-order chi connectivity index (χ0) is 16.5. The van der Waals surface area contributed by atoms with Gasteiger partial charge in [-0.2, -0.15) is 0 Å². The second-order valence-electron chi connectivity index (χ2n) is 6.08. The highest BCUT2D eigenvalue weighted by Gasteiger charge is 2.10. The van der Waals surface area contributed by atoms with Crippen molar-refractivity contribution >= 4 is 11.7 Å². The summed E-state index contributed by atoms with van der Waals surface area (Å²) in [5.41, 5.74) is 1.97. The van der Waals surface area contributed by atoms with Gasteiger partial charge >= 0.3 is 0 Å². The second kappa shape index (κ2) is 9.28. The summed E-state index contributed by atoms with van der Waals surface area (Å²) in [7, 11) is 0. The minimum absolute atomic E-state index is 0.123. The predicted molar refractivity (Wildman–Crippen MR) is 93.7 cm³/mol. The fourth-order valence-corrected chi connectivity index (χ4v) is 2.73. The van der Waals surface area contributed by atoms with Crippen molar-refractivity contribution in [3.05, 3.63) is 29.2 Å². The largest absolute Gasteiger partial charge is 0.370 e. The number of allylic oxidation sites excluding steroid dienone is 1. The highest BCUT2D eigenvalue weighted by molar-refractivity contribution is 5.92. The lowest BCUT2D eigenvalue weighted by Gasteiger charge is -2.13. The smallest absolute Gasteiger partial charge is 0.270 e. The van der Waals surface area contributed by atoms with E-state index in [-0.39, 0.29) is 5.91 Å². The number of rotatable bonds is 8. The molecule has 0 saturated heterocycles. The molecule has 1 aliphatic rings. The average Bonchev–Trinajstić information content (AvgIpc) is 2.55. The van der Waals surface area contributed by atoms with Crippen molar-refractivity contribution in [3.63, 3.8) is 0 Å². The Kier molecular flexibility index (Phi) is 7.04. The SMILES string of the molecule is CCCCNC(=O)c1cc(NCCC2=CCCCC2)nc(C)n1. The van der Waals surface area contributed by atoms with Crippen LogP contribution in [0.15, 0.2) is 17.7 Å². The number of carbonyl (C=O) groups is 1. The maximum atomic E-state index is 12.1. The normalized spacial score (nSPS) is 14.3. The summed E-state index contributed by atoms with van der Waals surface area (Å²) in [4.78, 5) is 20.7. The molecule has 1 aromatic heterocycles. The van der Waals surface area contributed by atoms with Gasteiger partial charge in [-0.05, 0) is 45.4 Å². The van der Waals surface area contributed by atoms with Crippen LogP contribution in [0.1, 0.15) is 68.2 Å². The number of nitrogens with zero attached hydrogens (tertiary/aromatic N) is 2. The van der Waals surface area contributed by atoms with Crippen molar-refractivity contribution in [2.45, 2.75) is 58.8 Å². The minimum atomic E-state index is -0.123. The van der Waals surface area contributed by atoms with Gasteiger partial charge in [0.1, 0.15) is 17.3 Å². The third-order valence-electron chi connectivity index (χ3n) is 4.02. The molecular formula is C18H28N4O. The zero-order valence-corrected chi connectivity index (χ0v) is 14.3. The van der Waals surface area contributed by atoms with Gasteiger partial charge in [0.05, 0.1) is 0 Å². The number of nitrogens with one attached hydrogen (secondary N) is 2. The first-order valence-corrected chi connectivity index (χ1v) is 8.74. The first kappa shape index (κ1) is 17.4. The first-order chi connectivity index (χ1) is 11.2. The molecule has 23 heavy (non-hydrogen) atoms. The van der Waals surface area contributed by atoms with Crippen molar-refractivity contribution in [1.82, 2.24) is 15.3 Å². The van der Waals surface area contributed by atoms with E-state index in [9.17, 15) is 4.79 Å². The van der Waals surface area contributed by atoms with Crippen molar-refractivity contribution in [1.29, 1.82) is 0 Å². The Labute approximate surface area is 139 Å². The molecule has 2 N–H and O–H groups in total. The fourth-order valence-electron chi connectivity index (χ4n) is 2.73. The molecule has 0 fully saturated rings. The lowest BCUT2D eigenvalue weighted by molar-refractivity contribution is 0.0948. The van der Waals surface area contributed by atoms with Gasteiger partial charge in [0, 0.05) is 19.2 Å². The van der Waals surface area contributed by atoms with Crippen molar-refractivity contribution in [2.24, 2.45) is 0 Å². The van der Waals surface area contributed by atoms with Crippen LogP contribution >= 0.6 is 0 Å². The lowest BCUT2D eigenvalue weighted by atomic mass is 9.97. The number of hydrogen-bond acceptors (Lipinski definition) is 4. The molecule has 1 aromatic rings. The zero-order valence-electron chi connectivity index (χ0n) is 14.3. The molecule has 0 aromatic carbocycles.